The van der Waals surface area contributed by atoms with E-state index in [1.807, 2.05) is 0 Å². The van der Waals surface area contributed by atoms with E-state index in [9.17, 15) is 48.6 Å². The minimum atomic E-state index is -1.62. The van der Waals surface area contributed by atoms with Crippen molar-refractivity contribution in [2.75, 3.05) is 13.2 Å². The van der Waals surface area contributed by atoms with Gasteiger partial charge in [0, 0.05) is 6.42 Å². The Balaban J connectivity index is 3.32. The molecule has 58 heavy (non-hydrogen) atoms. The molecule has 1 rings (SSSR count). The highest BCUT2D eigenvalue weighted by Crippen LogP contribution is 2.12. The van der Waals surface area contributed by atoms with E-state index < -0.39 is 109 Å². The molecule has 0 radical (unpaired) electrons. The number of carboxylic acid groups (broad SMARTS) is 1. The standard InChI is InChI=1S/C39H65N9O10/c1-21(2)16-26(44-36(54)28(18-24-12-8-7-9-13-24)43-33(51)25(41)14-10-11-15-40)34(52)45-29(19-31(42)50)37(55)48-32(23(5)6)38(56)46-27(17-22(3)4)35(53)47-30(20-49)39(57)58/h7-9,12-13,21-23,25-30,32,49H,10-11,14-20,40-41H2,1-6H3,(H2,42,50)(H,43,51)(H,44,54)(H,45,52)(H,46,56)(H,47,53)(H,48,55)(H,57,58)/t25-,26-,27-,28-,29-,30-,32-/m0/s1. The Labute approximate surface area is 340 Å². The highest BCUT2D eigenvalue weighted by atomic mass is 16.4. The minimum Gasteiger partial charge on any atom is -0.480 e. The zero-order valence-corrected chi connectivity index (χ0v) is 34.4. The van der Waals surface area contributed by atoms with E-state index >= 15 is 0 Å². The van der Waals surface area contributed by atoms with E-state index in [0.29, 0.717) is 25.8 Å². The quantitative estimate of drug-likeness (QED) is 0.0443. The molecule has 7 amide bonds. The van der Waals surface area contributed by atoms with E-state index in [-0.39, 0.29) is 31.1 Å². The van der Waals surface area contributed by atoms with Gasteiger partial charge < -0.3 is 59.3 Å². The average molecular weight is 820 g/mol. The van der Waals surface area contributed by atoms with Crippen molar-refractivity contribution in [3.63, 3.8) is 0 Å². The Morgan fingerprint density at radius 1 is 0.621 bits per heavy atom. The summed E-state index contributed by atoms with van der Waals surface area (Å²) in [5.41, 5.74) is 17.8. The number of carbonyl (C=O) groups is 8. The molecule has 0 saturated heterocycles. The van der Waals surface area contributed by atoms with Crippen LogP contribution in [0.25, 0.3) is 0 Å². The molecule has 1 aromatic rings. The van der Waals surface area contributed by atoms with Gasteiger partial charge in [0.15, 0.2) is 0 Å². The molecule has 326 valence electrons. The van der Waals surface area contributed by atoms with Crippen LogP contribution in [0, 0.1) is 17.8 Å². The van der Waals surface area contributed by atoms with Crippen molar-refractivity contribution in [3.8, 4) is 0 Å². The van der Waals surface area contributed by atoms with E-state index in [4.69, 9.17) is 17.2 Å². The maximum Gasteiger partial charge on any atom is 0.328 e. The van der Waals surface area contributed by atoms with E-state index in [0.717, 1.165) is 5.56 Å². The summed E-state index contributed by atoms with van der Waals surface area (Å²) in [7, 11) is 0. The molecule has 0 aromatic heterocycles. The van der Waals surface area contributed by atoms with Crippen LogP contribution in [0.2, 0.25) is 0 Å². The number of aliphatic carboxylic acids is 1. The van der Waals surface area contributed by atoms with Gasteiger partial charge in [-0.15, -0.1) is 0 Å². The van der Waals surface area contributed by atoms with Gasteiger partial charge >= 0.3 is 5.97 Å². The first-order valence-corrected chi connectivity index (χ1v) is 19.6. The number of aliphatic hydroxyl groups excluding tert-OH is 1. The number of nitrogens with two attached hydrogens (primary N) is 3. The third-order valence-corrected chi connectivity index (χ3v) is 8.98. The summed E-state index contributed by atoms with van der Waals surface area (Å²) in [5, 5.41) is 33.7. The molecule has 0 unspecified atom stereocenters. The first kappa shape index (κ1) is 50.9. The largest absolute Gasteiger partial charge is 0.480 e. The second kappa shape index (κ2) is 26.0. The summed E-state index contributed by atoms with van der Waals surface area (Å²) >= 11 is 0. The highest BCUT2D eigenvalue weighted by Gasteiger charge is 2.35. The predicted octanol–water partition coefficient (Wildman–Crippen LogP) is -1.71. The number of carboxylic acids is 1. The van der Waals surface area contributed by atoms with E-state index in [2.05, 4.69) is 31.9 Å². The summed E-state index contributed by atoms with van der Waals surface area (Å²) in [6.07, 6.45) is 1.16. The molecule has 0 aliphatic carbocycles. The van der Waals surface area contributed by atoms with E-state index in [1.54, 1.807) is 71.9 Å². The molecule has 1 aromatic carbocycles. The normalized spacial score (nSPS) is 14.9. The van der Waals surface area contributed by atoms with Gasteiger partial charge in [-0.2, -0.15) is 0 Å². The van der Waals surface area contributed by atoms with Crippen molar-refractivity contribution < 1.29 is 48.6 Å². The molecule has 0 spiro atoms. The van der Waals surface area contributed by atoms with Crippen molar-refractivity contribution in [2.45, 2.75) is 129 Å². The highest BCUT2D eigenvalue weighted by molar-refractivity contribution is 5.98. The summed E-state index contributed by atoms with van der Waals surface area (Å²) in [5.74, 6) is -8.12. The summed E-state index contributed by atoms with van der Waals surface area (Å²) in [6.45, 7) is 9.87. The van der Waals surface area contributed by atoms with Crippen LogP contribution in [0.4, 0.5) is 0 Å². The molecule has 19 nitrogen and oxygen atoms in total. The predicted molar refractivity (Wildman–Crippen MR) is 215 cm³/mol. The van der Waals surface area contributed by atoms with Crippen LogP contribution in [-0.4, -0.2) is 113 Å². The molecular formula is C39H65N9O10. The maximum absolute atomic E-state index is 13.8. The van der Waals surface area contributed by atoms with Crippen molar-refractivity contribution in [3.05, 3.63) is 35.9 Å². The third-order valence-electron chi connectivity index (χ3n) is 8.98. The van der Waals surface area contributed by atoms with Crippen molar-refractivity contribution in [2.24, 2.45) is 35.0 Å². The van der Waals surface area contributed by atoms with Crippen LogP contribution in [0.1, 0.15) is 85.6 Å². The number of nitrogens with one attached hydrogen (secondary N) is 6. The van der Waals surface area contributed by atoms with Crippen LogP contribution in [0.3, 0.4) is 0 Å². The van der Waals surface area contributed by atoms with Gasteiger partial charge in [-0.25, -0.2) is 4.79 Å². The molecule has 0 bridgehead atoms. The Morgan fingerprint density at radius 2 is 1.09 bits per heavy atom. The number of unbranched alkanes of at least 4 members (excludes halogenated alkanes) is 1. The summed E-state index contributed by atoms with van der Waals surface area (Å²) in [4.78, 5) is 105. The molecule has 0 fully saturated rings. The second-order valence-corrected chi connectivity index (χ2v) is 15.6. The smallest absolute Gasteiger partial charge is 0.328 e. The number of aliphatic hydroxyl groups is 1. The molecule has 0 aliphatic heterocycles. The molecule has 19 heteroatoms. The topological polar surface area (TPSA) is 327 Å². The van der Waals surface area contributed by atoms with Crippen LogP contribution >= 0.6 is 0 Å². The van der Waals surface area contributed by atoms with Crippen molar-refractivity contribution in [1.29, 1.82) is 0 Å². The Bertz CT molecular complexity index is 1530. The zero-order chi connectivity index (χ0) is 44.1. The number of primary amides is 1. The van der Waals surface area contributed by atoms with Crippen LogP contribution in [-0.2, 0) is 44.8 Å². The second-order valence-electron chi connectivity index (χ2n) is 15.6. The van der Waals surface area contributed by atoms with Crippen molar-refractivity contribution in [1.82, 2.24) is 31.9 Å². The van der Waals surface area contributed by atoms with Crippen LogP contribution in [0.15, 0.2) is 30.3 Å². The van der Waals surface area contributed by atoms with Crippen LogP contribution in [0.5, 0.6) is 0 Å². The van der Waals surface area contributed by atoms with Gasteiger partial charge in [0.05, 0.1) is 19.1 Å². The third kappa shape index (κ3) is 18.9. The lowest BCUT2D eigenvalue weighted by Gasteiger charge is -2.29. The fourth-order valence-corrected chi connectivity index (χ4v) is 5.85. The Morgan fingerprint density at radius 3 is 1.55 bits per heavy atom. The van der Waals surface area contributed by atoms with Gasteiger partial charge in [-0.1, -0.05) is 78.3 Å². The van der Waals surface area contributed by atoms with Crippen LogP contribution < -0.4 is 49.1 Å². The maximum atomic E-state index is 13.8. The number of benzene rings is 1. The average Bonchev–Trinajstić information content (AvgIpc) is 3.14. The van der Waals surface area contributed by atoms with Gasteiger partial charge in [0.2, 0.25) is 41.4 Å². The molecule has 14 N–H and O–H groups in total. The zero-order valence-electron chi connectivity index (χ0n) is 34.4. The first-order chi connectivity index (χ1) is 27.2. The lowest BCUT2D eigenvalue weighted by molar-refractivity contribution is -0.143. The lowest BCUT2D eigenvalue weighted by atomic mass is 9.98. The van der Waals surface area contributed by atoms with Gasteiger partial charge in [-0.05, 0) is 55.5 Å². The SMILES string of the molecule is CC(C)C[C@H](NC(=O)[C@H](Cc1ccccc1)NC(=O)[C@@H](N)CCCCN)C(=O)N[C@@H](CC(N)=O)C(=O)N[C@H](C(=O)N[C@@H](CC(C)C)C(=O)N[C@@H](CO)C(=O)O)C(C)C. The fraction of sp³-hybridized carbons (Fsp3) is 0.641. The number of carbonyl (C=O) groups excluding carboxylic acids is 7. The molecule has 0 saturated carbocycles. The Hall–Kier alpha value is -5.14. The molecule has 7 atom stereocenters. The number of hydrogen-bond acceptors (Lipinski definition) is 11. The monoisotopic (exact) mass is 819 g/mol. The Kier molecular flexibility index (Phi) is 22.8. The molecule has 0 aliphatic rings. The van der Waals surface area contributed by atoms with Gasteiger partial charge in [-0.3, -0.25) is 33.6 Å². The first-order valence-electron chi connectivity index (χ1n) is 19.6. The summed E-state index contributed by atoms with van der Waals surface area (Å²) in [6, 6.07) is -0.212. The van der Waals surface area contributed by atoms with Crippen molar-refractivity contribution >= 4 is 47.3 Å². The van der Waals surface area contributed by atoms with E-state index in [1.165, 1.54) is 0 Å². The van der Waals surface area contributed by atoms with Gasteiger partial charge in [0.25, 0.3) is 0 Å². The molecule has 0 heterocycles. The summed E-state index contributed by atoms with van der Waals surface area (Å²) < 4.78 is 0. The lowest BCUT2D eigenvalue weighted by Crippen LogP contribution is -2.61. The minimum absolute atomic E-state index is 0.0660. The number of rotatable bonds is 27. The number of hydrogen-bond donors (Lipinski definition) is 11. The fourth-order valence-electron chi connectivity index (χ4n) is 5.85. The number of amides is 7. The van der Waals surface area contributed by atoms with Gasteiger partial charge in [0.1, 0.15) is 36.3 Å². The molecular weight excluding hydrogens is 754 g/mol.